The zero-order chi connectivity index (χ0) is 26.3. The standard InChI is InChI=1S/C30H33FN8/c31-23-14-15-38(18-23)25-12-9-19-8-11-24(16-21(19)10-13-25)33-30-34-29(32)39(37-30)27-17-22-6-3-5-20-4-1-2-7-26(20)28(22)36-35-27/h1-2,4,7-8,11,16-17,23,25H,3,5-6,9-10,12-15,18H2,(H3,32,33,34,37). The molecule has 200 valence electrons. The molecule has 39 heavy (non-hydrogen) atoms. The minimum atomic E-state index is -0.667. The fourth-order valence-corrected chi connectivity index (χ4v) is 6.46. The van der Waals surface area contributed by atoms with Gasteiger partial charge in [-0.1, -0.05) is 30.3 Å². The van der Waals surface area contributed by atoms with Gasteiger partial charge in [0.15, 0.2) is 5.82 Å². The van der Waals surface area contributed by atoms with Gasteiger partial charge in [-0.05, 0) is 91.8 Å². The van der Waals surface area contributed by atoms with Crippen LogP contribution in [0, 0.1) is 0 Å². The minimum Gasteiger partial charge on any atom is -0.368 e. The molecule has 1 aliphatic heterocycles. The minimum absolute atomic E-state index is 0.259. The lowest BCUT2D eigenvalue weighted by atomic mass is 10.0. The number of aryl methyl sites for hydroxylation is 4. The molecule has 7 rings (SSSR count). The first-order valence-electron chi connectivity index (χ1n) is 14.1. The number of hydrogen-bond donors (Lipinski definition) is 2. The number of aromatic nitrogens is 5. The van der Waals surface area contributed by atoms with E-state index >= 15 is 0 Å². The molecule has 2 unspecified atom stereocenters. The summed E-state index contributed by atoms with van der Waals surface area (Å²) in [5.41, 5.74) is 14.5. The molecule has 4 aromatic rings. The Balaban J connectivity index is 1.09. The fraction of sp³-hybridized carbons (Fsp3) is 0.400. The van der Waals surface area contributed by atoms with E-state index in [9.17, 15) is 4.39 Å². The highest BCUT2D eigenvalue weighted by Crippen LogP contribution is 2.32. The summed E-state index contributed by atoms with van der Waals surface area (Å²) in [6, 6.07) is 17.4. The summed E-state index contributed by atoms with van der Waals surface area (Å²) in [5.74, 6) is 1.25. The Morgan fingerprint density at radius 1 is 0.872 bits per heavy atom. The molecule has 2 aromatic heterocycles. The van der Waals surface area contributed by atoms with Gasteiger partial charge in [-0.3, -0.25) is 4.90 Å². The molecule has 0 radical (unpaired) electrons. The Labute approximate surface area is 227 Å². The summed E-state index contributed by atoms with van der Waals surface area (Å²) in [6.07, 6.45) is 7.17. The van der Waals surface area contributed by atoms with Crippen LogP contribution in [0.2, 0.25) is 0 Å². The summed E-state index contributed by atoms with van der Waals surface area (Å²) < 4.78 is 15.3. The number of halogens is 1. The van der Waals surface area contributed by atoms with Crippen molar-refractivity contribution in [3.8, 4) is 17.1 Å². The van der Waals surface area contributed by atoms with Crippen LogP contribution in [-0.2, 0) is 25.7 Å². The second-order valence-corrected chi connectivity index (χ2v) is 11.0. The normalized spacial score (nSPS) is 20.9. The van der Waals surface area contributed by atoms with Crippen molar-refractivity contribution in [2.45, 2.75) is 63.6 Å². The van der Waals surface area contributed by atoms with E-state index in [1.807, 2.05) is 12.1 Å². The highest BCUT2D eigenvalue weighted by molar-refractivity contribution is 5.68. The molecule has 9 heteroatoms. The van der Waals surface area contributed by atoms with Crippen LogP contribution in [-0.4, -0.2) is 55.2 Å². The lowest BCUT2D eigenvalue weighted by Crippen LogP contribution is -2.33. The molecule has 8 nitrogen and oxygen atoms in total. The number of alkyl halides is 1. The Morgan fingerprint density at radius 3 is 2.59 bits per heavy atom. The number of anilines is 3. The topological polar surface area (TPSA) is 97.8 Å². The van der Waals surface area contributed by atoms with Crippen molar-refractivity contribution in [2.75, 3.05) is 24.1 Å². The first-order valence-corrected chi connectivity index (χ1v) is 14.1. The van der Waals surface area contributed by atoms with E-state index < -0.39 is 6.17 Å². The van der Waals surface area contributed by atoms with Crippen LogP contribution in [0.3, 0.4) is 0 Å². The molecular formula is C30H33FN8. The molecule has 0 saturated carbocycles. The number of nitrogens with one attached hydrogen (secondary N) is 1. The number of likely N-dealkylation sites (tertiary alicyclic amines) is 1. The number of benzene rings is 2. The van der Waals surface area contributed by atoms with E-state index in [1.165, 1.54) is 16.7 Å². The third kappa shape index (κ3) is 4.76. The van der Waals surface area contributed by atoms with E-state index in [0.717, 1.165) is 74.0 Å². The van der Waals surface area contributed by atoms with Gasteiger partial charge in [-0.25, -0.2) is 4.39 Å². The average Bonchev–Trinajstić information content (AvgIpc) is 3.40. The zero-order valence-electron chi connectivity index (χ0n) is 22.0. The van der Waals surface area contributed by atoms with Crippen LogP contribution in [0.15, 0.2) is 48.5 Å². The van der Waals surface area contributed by atoms with Crippen LogP contribution in [0.5, 0.6) is 0 Å². The molecule has 3 heterocycles. The SMILES string of the molecule is Nc1nc(Nc2ccc3c(c2)CCC(N2CCC(F)C2)CC3)nn1-c1cc2c(nn1)-c1ccccc1CCC2. The molecular weight excluding hydrogens is 491 g/mol. The predicted molar refractivity (Wildman–Crippen MR) is 150 cm³/mol. The lowest BCUT2D eigenvalue weighted by molar-refractivity contribution is 0.204. The van der Waals surface area contributed by atoms with E-state index in [4.69, 9.17) is 5.73 Å². The molecule has 1 saturated heterocycles. The van der Waals surface area contributed by atoms with Crippen molar-refractivity contribution in [3.05, 3.63) is 70.8 Å². The van der Waals surface area contributed by atoms with Crippen molar-refractivity contribution < 1.29 is 4.39 Å². The zero-order valence-corrected chi connectivity index (χ0v) is 22.0. The maximum atomic E-state index is 13.8. The van der Waals surface area contributed by atoms with Gasteiger partial charge in [-0.2, -0.15) is 9.67 Å². The number of nitrogens with zero attached hydrogens (tertiary/aromatic N) is 6. The number of fused-ring (bicyclic) bond motifs is 4. The molecule has 2 atom stereocenters. The monoisotopic (exact) mass is 524 g/mol. The second-order valence-electron chi connectivity index (χ2n) is 11.0. The van der Waals surface area contributed by atoms with Crippen LogP contribution in [0.4, 0.5) is 22.0 Å². The van der Waals surface area contributed by atoms with Gasteiger partial charge in [-0.15, -0.1) is 15.3 Å². The quantitative estimate of drug-likeness (QED) is 0.369. The summed E-state index contributed by atoms with van der Waals surface area (Å²) in [5, 5.41) is 17.0. The van der Waals surface area contributed by atoms with Gasteiger partial charge in [0.1, 0.15) is 6.17 Å². The Kier molecular flexibility index (Phi) is 6.23. The summed E-state index contributed by atoms with van der Waals surface area (Å²) in [6.45, 7) is 1.47. The Morgan fingerprint density at radius 2 is 1.72 bits per heavy atom. The highest BCUT2D eigenvalue weighted by atomic mass is 19.1. The van der Waals surface area contributed by atoms with Gasteiger partial charge >= 0.3 is 0 Å². The van der Waals surface area contributed by atoms with E-state index in [-0.39, 0.29) is 5.95 Å². The fourth-order valence-electron chi connectivity index (χ4n) is 6.46. The van der Waals surface area contributed by atoms with Crippen molar-refractivity contribution in [1.82, 2.24) is 29.9 Å². The van der Waals surface area contributed by atoms with E-state index in [1.54, 1.807) is 4.68 Å². The highest BCUT2D eigenvalue weighted by Gasteiger charge is 2.29. The lowest BCUT2D eigenvalue weighted by Gasteiger charge is -2.25. The maximum absolute atomic E-state index is 13.8. The largest absolute Gasteiger partial charge is 0.368 e. The first-order chi connectivity index (χ1) is 19.1. The van der Waals surface area contributed by atoms with Gasteiger partial charge in [0, 0.05) is 30.4 Å². The van der Waals surface area contributed by atoms with Crippen molar-refractivity contribution >= 4 is 17.6 Å². The molecule has 3 aliphatic rings. The van der Waals surface area contributed by atoms with Crippen molar-refractivity contribution in [2.24, 2.45) is 0 Å². The Bertz CT molecular complexity index is 1510. The van der Waals surface area contributed by atoms with E-state index in [0.29, 0.717) is 30.8 Å². The average molecular weight is 525 g/mol. The molecule has 2 aliphatic carbocycles. The second kappa shape index (κ2) is 10.0. The number of rotatable bonds is 4. The molecule has 0 amide bonds. The van der Waals surface area contributed by atoms with Gasteiger partial charge < -0.3 is 11.1 Å². The van der Waals surface area contributed by atoms with Gasteiger partial charge in [0.05, 0.1) is 5.69 Å². The maximum Gasteiger partial charge on any atom is 0.248 e. The van der Waals surface area contributed by atoms with Crippen molar-refractivity contribution in [3.63, 3.8) is 0 Å². The number of nitrogen functional groups attached to an aromatic ring is 1. The van der Waals surface area contributed by atoms with Crippen LogP contribution >= 0.6 is 0 Å². The number of hydrogen-bond acceptors (Lipinski definition) is 7. The summed E-state index contributed by atoms with van der Waals surface area (Å²) in [7, 11) is 0. The van der Waals surface area contributed by atoms with E-state index in [2.05, 4.69) is 66.9 Å². The third-order valence-corrected chi connectivity index (χ3v) is 8.51. The molecule has 2 aromatic carbocycles. The number of nitrogens with two attached hydrogens (primary N) is 1. The molecule has 1 fully saturated rings. The van der Waals surface area contributed by atoms with Gasteiger partial charge in [0.25, 0.3) is 0 Å². The summed E-state index contributed by atoms with van der Waals surface area (Å²) in [4.78, 5) is 6.81. The van der Waals surface area contributed by atoms with Crippen LogP contribution in [0.25, 0.3) is 17.1 Å². The molecule has 0 bridgehead atoms. The van der Waals surface area contributed by atoms with Crippen molar-refractivity contribution in [1.29, 1.82) is 0 Å². The van der Waals surface area contributed by atoms with Gasteiger partial charge in [0.2, 0.25) is 11.9 Å². The molecule has 3 N–H and O–H groups in total. The summed E-state index contributed by atoms with van der Waals surface area (Å²) >= 11 is 0. The smallest absolute Gasteiger partial charge is 0.248 e. The molecule has 0 spiro atoms. The first kappa shape index (κ1) is 24.2. The van der Waals surface area contributed by atoms with Crippen LogP contribution in [0.1, 0.15) is 47.9 Å². The third-order valence-electron chi connectivity index (χ3n) is 8.51. The Hall–Kier alpha value is -3.85. The predicted octanol–water partition coefficient (Wildman–Crippen LogP) is 4.83. The van der Waals surface area contributed by atoms with Crippen LogP contribution < -0.4 is 11.1 Å².